The number of hydrogen-bond acceptors (Lipinski definition) is 8. The summed E-state index contributed by atoms with van der Waals surface area (Å²) in [5.41, 5.74) is 2.50. The summed E-state index contributed by atoms with van der Waals surface area (Å²) in [4.78, 5) is 44.1. The molecule has 0 radical (unpaired) electrons. The first-order valence-electron chi connectivity index (χ1n) is 17.0. The van der Waals surface area contributed by atoms with E-state index in [1.165, 1.54) is 23.1 Å². The SMILES string of the molecule is O=C1N[C@H](B(O)O)CCCCCCCCC[C@H](NCc2cccc(OC(F)(F)F)c2)C(=O)N2C[C@H](OC(=O)N3Cc4ccccc4C3)C[C@@H]12. The van der Waals surface area contributed by atoms with Crippen molar-refractivity contribution in [1.82, 2.24) is 20.4 Å². The first kappa shape index (κ1) is 36.5. The van der Waals surface area contributed by atoms with Crippen LogP contribution in [0.1, 0.15) is 80.9 Å². The van der Waals surface area contributed by atoms with Crippen LogP contribution < -0.4 is 15.4 Å². The molecule has 11 nitrogen and oxygen atoms in total. The van der Waals surface area contributed by atoms with Crippen LogP contribution in [0.15, 0.2) is 48.5 Å². The number of alkyl halides is 3. The number of rotatable bonds is 6. The first-order chi connectivity index (χ1) is 23.5. The van der Waals surface area contributed by atoms with Gasteiger partial charge in [-0.2, -0.15) is 0 Å². The van der Waals surface area contributed by atoms with Crippen molar-refractivity contribution >= 4 is 25.0 Å². The predicted molar refractivity (Wildman–Crippen MR) is 174 cm³/mol. The summed E-state index contributed by atoms with van der Waals surface area (Å²) in [6, 6.07) is 11.3. The third-order valence-electron chi connectivity index (χ3n) is 9.39. The summed E-state index contributed by atoms with van der Waals surface area (Å²) in [5, 5.41) is 26.0. The average Bonchev–Trinajstić information content (AvgIpc) is 3.68. The molecular weight excluding hydrogens is 644 g/mol. The lowest BCUT2D eigenvalue weighted by atomic mass is 9.76. The maximum atomic E-state index is 14.3. The van der Waals surface area contributed by atoms with Crippen molar-refractivity contribution in [3.8, 4) is 5.75 Å². The third-order valence-corrected chi connectivity index (χ3v) is 9.39. The summed E-state index contributed by atoms with van der Waals surface area (Å²) < 4.78 is 48.4. The number of carbonyl (C=O) groups is 3. The highest BCUT2D eigenvalue weighted by atomic mass is 19.4. The molecule has 4 N–H and O–H groups in total. The van der Waals surface area contributed by atoms with E-state index >= 15 is 0 Å². The maximum Gasteiger partial charge on any atom is 0.573 e. The number of nitrogens with zero attached hydrogens (tertiary/aromatic N) is 2. The minimum absolute atomic E-state index is 0.0158. The molecule has 0 unspecified atom stereocenters. The summed E-state index contributed by atoms with van der Waals surface area (Å²) in [6.45, 7) is 0.767. The van der Waals surface area contributed by atoms with Gasteiger partial charge in [0, 0.05) is 26.1 Å². The Balaban J connectivity index is 1.34. The van der Waals surface area contributed by atoms with E-state index in [4.69, 9.17) is 4.74 Å². The smallest absolute Gasteiger partial charge is 0.444 e. The van der Waals surface area contributed by atoms with E-state index < -0.39 is 55.5 Å². The molecule has 15 heteroatoms. The second-order valence-electron chi connectivity index (χ2n) is 13.1. The van der Waals surface area contributed by atoms with Gasteiger partial charge < -0.3 is 35.1 Å². The van der Waals surface area contributed by atoms with Crippen molar-refractivity contribution in [2.45, 2.75) is 114 Å². The van der Waals surface area contributed by atoms with Crippen LogP contribution in [0, 0.1) is 0 Å². The molecular formula is C34H44BF3N4O7. The second kappa shape index (κ2) is 16.7. The number of ether oxygens (including phenoxy) is 2. The van der Waals surface area contributed by atoms with Crippen LogP contribution in [0.4, 0.5) is 18.0 Å². The van der Waals surface area contributed by atoms with Crippen LogP contribution in [-0.4, -0.2) is 81.9 Å². The van der Waals surface area contributed by atoms with Crippen molar-refractivity contribution in [1.29, 1.82) is 0 Å². The number of carbonyl (C=O) groups excluding carboxylic acids is 3. The summed E-state index contributed by atoms with van der Waals surface area (Å²) in [6.07, 6.45) is 0.565. The monoisotopic (exact) mass is 688 g/mol. The van der Waals surface area contributed by atoms with Gasteiger partial charge in [-0.15, -0.1) is 13.2 Å². The summed E-state index contributed by atoms with van der Waals surface area (Å²) >= 11 is 0. The van der Waals surface area contributed by atoms with Gasteiger partial charge >= 0.3 is 19.6 Å². The highest BCUT2D eigenvalue weighted by molar-refractivity contribution is 6.43. The maximum absolute atomic E-state index is 14.3. The largest absolute Gasteiger partial charge is 0.573 e. The van der Waals surface area contributed by atoms with E-state index in [0.29, 0.717) is 44.3 Å². The van der Waals surface area contributed by atoms with E-state index in [2.05, 4.69) is 15.4 Å². The highest BCUT2D eigenvalue weighted by Gasteiger charge is 2.44. The molecule has 0 saturated carbocycles. The van der Waals surface area contributed by atoms with Crippen LogP contribution >= 0.6 is 0 Å². The molecule has 3 amide bonds. The van der Waals surface area contributed by atoms with Crippen molar-refractivity contribution < 1.29 is 47.1 Å². The number of nitrogens with one attached hydrogen (secondary N) is 2. The van der Waals surface area contributed by atoms with E-state index in [1.54, 1.807) is 11.0 Å². The van der Waals surface area contributed by atoms with Gasteiger partial charge in [-0.1, -0.05) is 81.3 Å². The van der Waals surface area contributed by atoms with E-state index in [0.717, 1.165) is 43.2 Å². The molecule has 3 aliphatic heterocycles. The van der Waals surface area contributed by atoms with Gasteiger partial charge in [0.15, 0.2) is 0 Å². The van der Waals surface area contributed by atoms with E-state index in [-0.39, 0.29) is 25.3 Å². The summed E-state index contributed by atoms with van der Waals surface area (Å²) in [7, 11) is -1.80. The summed E-state index contributed by atoms with van der Waals surface area (Å²) in [5.74, 6) is -2.31. The number of hydrogen-bond donors (Lipinski definition) is 4. The van der Waals surface area contributed by atoms with Gasteiger partial charge in [-0.3, -0.25) is 14.5 Å². The molecule has 0 bridgehead atoms. The zero-order valence-corrected chi connectivity index (χ0v) is 27.4. The van der Waals surface area contributed by atoms with Gasteiger partial charge in [0.05, 0.1) is 18.5 Å². The zero-order valence-electron chi connectivity index (χ0n) is 27.4. The Labute approximate surface area is 284 Å². The Hall–Kier alpha value is -3.82. The average molecular weight is 689 g/mol. The van der Waals surface area contributed by atoms with Gasteiger partial charge in [0.25, 0.3) is 0 Å². The third kappa shape index (κ3) is 10.3. The lowest BCUT2D eigenvalue weighted by Crippen LogP contribution is -2.56. The van der Waals surface area contributed by atoms with E-state index in [1.807, 2.05) is 24.3 Å². The second-order valence-corrected chi connectivity index (χ2v) is 13.1. The molecule has 266 valence electrons. The Morgan fingerprint density at radius 3 is 2.24 bits per heavy atom. The quantitative estimate of drug-likeness (QED) is 0.332. The molecule has 5 rings (SSSR count). The Kier molecular flexibility index (Phi) is 12.4. The minimum Gasteiger partial charge on any atom is -0.444 e. The molecule has 0 aliphatic carbocycles. The van der Waals surface area contributed by atoms with Gasteiger partial charge in [-0.05, 0) is 41.7 Å². The molecule has 3 aliphatic rings. The standard InChI is InChI=1S/C34H44BF3N4O7/c36-34(37,38)49-26-14-10-11-23(17-26)19-39-28-15-6-4-2-1-3-5-7-16-30(35(46)47)40-31(43)29-18-27(22-42(29)32(28)44)48-33(45)41-20-24-12-8-9-13-25(24)21-41/h8-14,17,27-30,39,46-47H,1-7,15-16,18-22H2,(H,40,43)/t27-,28+,29+,30+/m1/s1. The van der Waals surface area contributed by atoms with Crippen molar-refractivity contribution in [3.05, 3.63) is 65.2 Å². The minimum atomic E-state index is -4.85. The van der Waals surface area contributed by atoms with Crippen LogP contribution in [0.2, 0.25) is 0 Å². The molecule has 3 heterocycles. The highest BCUT2D eigenvalue weighted by Crippen LogP contribution is 2.28. The van der Waals surface area contributed by atoms with E-state index in [9.17, 15) is 37.6 Å². The fourth-order valence-electron chi connectivity index (χ4n) is 6.83. The predicted octanol–water partition coefficient (Wildman–Crippen LogP) is 4.19. The molecule has 0 spiro atoms. The van der Waals surface area contributed by atoms with Gasteiger partial charge in [0.1, 0.15) is 17.9 Å². The lowest BCUT2D eigenvalue weighted by Gasteiger charge is -2.30. The molecule has 2 fully saturated rings. The van der Waals surface area contributed by atoms with Crippen LogP contribution in [0.5, 0.6) is 5.75 Å². The number of fused-ring (bicyclic) bond motifs is 2. The van der Waals surface area contributed by atoms with Crippen LogP contribution in [0.25, 0.3) is 0 Å². The molecule has 2 aromatic rings. The van der Waals surface area contributed by atoms with Crippen molar-refractivity contribution in [3.63, 3.8) is 0 Å². The molecule has 0 aromatic heterocycles. The molecule has 2 aromatic carbocycles. The van der Waals surface area contributed by atoms with Crippen molar-refractivity contribution in [2.75, 3.05) is 6.54 Å². The van der Waals surface area contributed by atoms with Gasteiger partial charge in [-0.25, -0.2) is 4.79 Å². The fourth-order valence-corrected chi connectivity index (χ4v) is 6.83. The van der Waals surface area contributed by atoms with Crippen molar-refractivity contribution in [2.24, 2.45) is 0 Å². The first-order valence-corrected chi connectivity index (χ1v) is 17.0. The topological polar surface area (TPSA) is 141 Å². The molecule has 2 saturated heterocycles. The Morgan fingerprint density at radius 2 is 1.59 bits per heavy atom. The van der Waals surface area contributed by atoms with Gasteiger partial charge in [0.2, 0.25) is 11.8 Å². The molecule has 4 atom stereocenters. The normalized spacial score (nSPS) is 24.2. The number of halogens is 3. The Morgan fingerprint density at radius 1 is 0.939 bits per heavy atom. The fraction of sp³-hybridized carbons (Fsp3) is 0.559. The molecule has 49 heavy (non-hydrogen) atoms. The van der Waals surface area contributed by atoms with Crippen LogP contribution in [0.3, 0.4) is 0 Å². The number of amides is 3. The lowest BCUT2D eigenvalue weighted by molar-refractivity contribution is -0.274. The number of benzene rings is 2. The zero-order chi connectivity index (χ0) is 35.0. The van der Waals surface area contributed by atoms with Crippen LogP contribution in [-0.2, 0) is 34.0 Å². The Bertz CT molecular complexity index is 1420.